The molecule has 28 heavy (non-hydrogen) atoms. The maximum absolute atomic E-state index is 13.8. The molecule has 0 bridgehead atoms. The van der Waals surface area contributed by atoms with E-state index in [4.69, 9.17) is 11.6 Å². The van der Waals surface area contributed by atoms with E-state index >= 15 is 0 Å². The number of anilines is 1. The molecule has 0 spiro atoms. The highest BCUT2D eigenvalue weighted by Crippen LogP contribution is 2.24. The Labute approximate surface area is 166 Å². The third-order valence-electron chi connectivity index (χ3n) is 4.29. The minimum absolute atomic E-state index is 0.0579. The van der Waals surface area contributed by atoms with Crippen molar-refractivity contribution in [2.24, 2.45) is 0 Å². The van der Waals surface area contributed by atoms with E-state index in [1.54, 1.807) is 17.0 Å². The number of halogens is 2. The fourth-order valence-corrected chi connectivity index (χ4v) is 3.12. The van der Waals surface area contributed by atoms with Gasteiger partial charge in [-0.15, -0.1) is 0 Å². The molecule has 0 aliphatic heterocycles. The lowest BCUT2D eigenvalue weighted by molar-refractivity contribution is 0.0773. The zero-order chi connectivity index (χ0) is 20.3. The molecule has 6 nitrogen and oxygen atoms in total. The van der Waals surface area contributed by atoms with Crippen LogP contribution >= 0.6 is 11.6 Å². The summed E-state index contributed by atoms with van der Waals surface area (Å²) in [7, 11) is 0. The zero-order valence-electron chi connectivity index (χ0n) is 15.4. The lowest BCUT2D eigenvalue weighted by Crippen LogP contribution is -2.30. The van der Waals surface area contributed by atoms with Gasteiger partial charge >= 0.3 is 0 Å². The minimum Gasteiger partial charge on any atom is -0.339 e. The number of nitrogens with one attached hydrogen (secondary N) is 1. The Kier molecular flexibility index (Phi) is 5.84. The van der Waals surface area contributed by atoms with Crippen molar-refractivity contribution in [1.29, 1.82) is 0 Å². The number of aromatic nitrogens is 2. The van der Waals surface area contributed by atoms with Crippen LogP contribution in [-0.4, -0.2) is 39.8 Å². The second-order valence-corrected chi connectivity index (χ2v) is 6.41. The minimum atomic E-state index is -0.587. The number of carbonyl (C=O) groups is 2. The monoisotopic (exact) mass is 400 g/mol. The molecule has 144 valence electrons. The fourth-order valence-electron chi connectivity index (χ4n) is 2.86. The average Bonchev–Trinajstić information content (AvgIpc) is 2.68. The van der Waals surface area contributed by atoms with Crippen molar-refractivity contribution in [2.75, 3.05) is 18.4 Å². The molecule has 0 aliphatic rings. The summed E-state index contributed by atoms with van der Waals surface area (Å²) >= 11 is 6.25. The second kappa shape index (κ2) is 8.31. The molecular weight excluding hydrogens is 383 g/mol. The molecule has 1 N–H and O–H groups in total. The van der Waals surface area contributed by atoms with Crippen molar-refractivity contribution < 1.29 is 14.0 Å². The van der Waals surface area contributed by atoms with Gasteiger partial charge in [-0.25, -0.2) is 4.39 Å². The lowest BCUT2D eigenvalue weighted by Gasteiger charge is -2.19. The third-order valence-corrected chi connectivity index (χ3v) is 4.60. The number of amides is 2. The Morgan fingerprint density at radius 3 is 2.46 bits per heavy atom. The highest BCUT2D eigenvalue weighted by Gasteiger charge is 2.18. The standard InChI is InChI=1S/C20H18ClFN4O2/c1-3-26(4-2)20(28)14-6-5-13(11-16(14)21)25-19(27)15-9-12(22)10-17-18(15)24-8-7-23-17/h5-11H,3-4H2,1-2H3,(H,25,27). The van der Waals surface area contributed by atoms with E-state index in [-0.39, 0.29) is 22.0 Å². The van der Waals surface area contributed by atoms with Crippen LogP contribution in [0.25, 0.3) is 11.0 Å². The second-order valence-electron chi connectivity index (χ2n) is 6.00. The van der Waals surface area contributed by atoms with Crippen LogP contribution in [-0.2, 0) is 0 Å². The smallest absolute Gasteiger partial charge is 0.258 e. The van der Waals surface area contributed by atoms with Gasteiger partial charge in [0.25, 0.3) is 11.8 Å². The van der Waals surface area contributed by atoms with E-state index in [1.807, 2.05) is 13.8 Å². The number of fused-ring (bicyclic) bond motifs is 1. The van der Waals surface area contributed by atoms with Crippen molar-refractivity contribution >= 4 is 40.1 Å². The van der Waals surface area contributed by atoms with Gasteiger partial charge in [-0.3, -0.25) is 19.6 Å². The molecule has 0 radical (unpaired) electrons. The van der Waals surface area contributed by atoms with Crippen molar-refractivity contribution in [3.8, 4) is 0 Å². The Bertz CT molecular complexity index is 1050. The summed E-state index contributed by atoms with van der Waals surface area (Å²) in [5.74, 6) is -1.32. The van der Waals surface area contributed by atoms with Crippen LogP contribution in [0.5, 0.6) is 0 Å². The molecular formula is C20H18ClFN4O2. The first-order valence-electron chi connectivity index (χ1n) is 8.75. The van der Waals surface area contributed by atoms with Gasteiger partial charge in [0, 0.05) is 37.2 Å². The van der Waals surface area contributed by atoms with Gasteiger partial charge in [-0.1, -0.05) is 11.6 Å². The summed E-state index contributed by atoms with van der Waals surface area (Å²) in [5.41, 5.74) is 1.37. The van der Waals surface area contributed by atoms with Crippen LogP contribution in [0.4, 0.5) is 10.1 Å². The van der Waals surface area contributed by atoms with Crippen molar-refractivity contribution in [3.63, 3.8) is 0 Å². The van der Waals surface area contributed by atoms with Crippen LogP contribution in [0.15, 0.2) is 42.7 Å². The zero-order valence-corrected chi connectivity index (χ0v) is 16.1. The lowest BCUT2D eigenvalue weighted by atomic mass is 10.1. The maximum Gasteiger partial charge on any atom is 0.258 e. The summed E-state index contributed by atoms with van der Waals surface area (Å²) in [5, 5.41) is 2.88. The van der Waals surface area contributed by atoms with Crippen LogP contribution in [0, 0.1) is 5.82 Å². The quantitative estimate of drug-likeness (QED) is 0.697. The van der Waals surface area contributed by atoms with Crippen LogP contribution in [0.2, 0.25) is 5.02 Å². The fraction of sp³-hybridized carbons (Fsp3) is 0.200. The molecule has 3 rings (SSSR count). The molecule has 3 aromatic rings. The molecule has 2 aromatic carbocycles. The van der Waals surface area contributed by atoms with Gasteiger partial charge in [0.2, 0.25) is 0 Å². The molecule has 0 aliphatic carbocycles. The number of benzene rings is 2. The molecule has 1 aromatic heterocycles. The number of nitrogens with zero attached hydrogens (tertiary/aromatic N) is 3. The van der Waals surface area contributed by atoms with Gasteiger partial charge < -0.3 is 10.2 Å². The molecule has 0 fully saturated rings. The van der Waals surface area contributed by atoms with Crippen molar-refractivity contribution in [1.82, 2.24) is 14.9 Å². The van der Waals surface area contributed by atoms with E-state index in [0.717, 1.165) is 6.07 Å². The van der Waals surface area contributed by atoms with Crippen LogP contribution < -0.4 is 5.32 Å². The maximum atomic E-state index is 13.8. The van der Waals surface area contributed by atoms with E-state index in [0.29, 0.717) is 29.9 Å². The van der Waals surface area contributed by atoms with Gasteiger partial charge in [0.05, 0.1) is 21.7 Å². The van der Waals surface area contributed by atoms with Crippen LogP contribution in [0.3, 0.4) is 0 Å². The Morgan fingerprint density at radius 2 is 1.79 bits per heavy atom. The largest absolute Gasteiger partial charge is 0.339 e. The molecule has 8 heteroatoms. The molecule has 2 amide bonds. The first-order chi connectivity index (χ1) is 13.4. The average molecular weight is 401 g/mol. The summed E-state index contributed by atoms with van der Waals surface area (Å²) in [6.45, 7) is 4.90. The summed E-state index contributed by atoms with van der Waals surface area (Å²) < 4.78 is 13.8. The number of rotatable bonds is 5. The predicted molar refractivity (Wildman–Crippen MR) is 106 cm³/mol. The Hall–Kier alpha value is -3.06. The van der Waals surface area contributed by atoms with Gasteiger partial charge in [0.1, 0.15) is 11.3 Å². The first-order valence-corrected chi connectivity index (χ1v) is 9.12. The molecule has 0 unspecified atom stereocenters. The van der Waals surface area contributed by atoms with Crippen molar-refractivity contribution in [3.05, 3.63) is 64.7 Å². The number of carbonyl (C=O) groups excluding carboxylic acids is 2. The Balaban J connectivity index is 1.88. The molecule has 1 heterocycles. The van der Waals surface area contributed by atoms with Crippen LogP contribution in [0.1, 0.15) is 34.6 Å². The SMILES string of the molecule is CCN(CC)C(=O)c1ccc(NC(=O)c2cc(F)cc3nccnc23)cc1Cl. The van der Waals surface area contributed by atoms with E-state index < -0.39 is 11.7 Å². The van der Waals surface area contributed by atoms with E-state index in [2.05, 4.69) is 15.3 Å². The Morgan fingerprint density at radius 1 is 1.07 bits per heavy atom. The molecule has 0 atom stereocenters. The van der Waals surface area contributed by atoms with Crippen molar-refractivity contribution in [2.45, 2.75) is 13.8 Å². The predicted octanol–water partition coefficient (Wildman–Crippen LogP) is 4.16. The topological polar surface area (TPSA) is 75.2 Å². The summed E-state index contributed by atoms with van der Waals surface area (Å²) in [6, 6.07) is 6.94. The normalized spacial score (nSPS) is 10.7. The third kappa shape index (κ3) is 3.94. The van der Waals surface area contributed by atoms with Gasteiger partial charge in [0.15, 0.2) is 0 Å². The van der Waals surface area contributed by atoms with Gasteiger partial charge in [-0.05, 0) is 38.1 Å². The summed E-state index contributed by atoms with van der Waals surface area (Å²) in [4.78, 5) is 34.9. The number of hydrogen-bond acceptors (Lipinski definition) is 4. The highest BCUT2D eigenvalue weighted by molar-refractivity contribution is 6.34. The number of hydrogen-bond donors (Lipinski definition) is 1. The first kappa shape index (κ1) is 19.7. The van der Waals surface area contributed by atoms with Gasteiger partial charge in [-0.2, -0.15) is 0 Å². The van der Waals surface area contributed by atoms with E-state index in [9.17, 15) is 14.0 Å². The molecule has 0 saturated heterocycles. The highest BCUT2D eigenvalue weighted by atomic mass is 35.5. The molecule has 0 saturated carbocycles. The van der Waals surface area contributed by atoms with E-state index in [1.165, 1.54) is 24.5 Å². The summed E-state index contributed by atoms with van der Waals surface area (Å²) in [6.07, 6.45) is 2.86.